The second-order valence-corrected chi connectivity index (χ2v) is 5.94. The van der Waals surface area contributed by atoms with Crippen LogP contribution in [-0.2, 0) is 9.59 Å². The third-order valence-corrected chi connectivity index (χ3v) is 4.60. The molecule has 1 aliphatic carbocycles. The van der Waals surface area contributed by atoms with Gasteiger partial charge in [-0.2, -0.15) is 0 Å². The van der Waals surface area contributed by atoms with Gasteiger partial charge in [-0.1, -0.05) is 6.42 Å². The molecular formula is C14H23NO4. The molecule has 1 saturated carbocycles. The first-order chi connectivity index (χ1) is 9.03. The van der Waals surface area contributed by atoms with Crippen LogP contribution in [0.4, 0.5) is 0 Å². The van der Waals surface area contributed by atoms with Gasteiger partial charge in [0.2, 0.25) is 5.91 Å². The van der Waals surface area contributed by atoms with E-state index in [0.29, 0.717) is 19.4 Å². The smallest absolute Gasteiger partial charge is 0.303 e. The first-order valence-corrected chi connectivity index (χ1v) is 7.21. The Labute approximate surface area is 113 Å². The number of aliphatic hydroxyl groups excluding tert-OH is 1. The molecule has 0 aromatic carbocycles. The second-order valence-electron chi connectivity index (χ2n) is 5.94. The number of carbonyl (C=O) groups excluding carboxylic acids is 1. The Bertz CT molecular complexity index is 357. The van der Waals surface area contributed by atoms with E-state index in [0.717, 1.165) is 38.6 Å². The number of likely N-dealkylation sites (tertiary alicyclic amines) is 1. The van der Waals surface area contributed by atoms with E-state index >= 15 is 0 Å². The maximum atomic E-state index is 12.1. The standard InChI is InChI=1S/C14H23NO4/c16-11-4-2-7-14(11)8-3-9-15(10-14)12(17)5-1-6-13(18)19/h11,16H,1-10H2,(H,18,19)/t11-,14-/m1/s1. The van der Waals surface area contributed by atoms with Gasteiger partial charge in [0, 0.05) is 31.3 Å². The van der Waals surface area contributed by atoms with Crippen LogP contribution in [0, 0.1) is 5.41 Å². The number of amides is 1. The number of aliphatic hydroxyl groups is 1. The number of hydrogen-bond acceptors (Lipinski definition) is 3. The van der Waals surface area contributed by atoms with Crippen LogP contribution in [0.2, 0.25) is 0 Å². The van der Waals surface area contributed by atoms with E-state index in [2.05, 4.69) is 0 Å². The van der Waals surface area contributed by atoms with Gasteiger partial charge in [0.15, 0.2) is 0 Å². The average Bonchev–Trinajstić information content (AvgIpc) is 2.70. The fraction of sp³-hybridized carbons (Fsp3) is 0.857. The number of aliphatic carboxylic acids is 1. The summed E-state index contributed by atoms with van der Waals surface area (Å²) in [6.07, 6.45) is 5.33. The van der Waals surface area contributed by atoms with E-state index in [1.807, 2.05) is 4.90 Å². The predicted octanol–water partition coefficient (Wildman–Crippen LogP) is 1.39. The van der Waals surface area contributed by atoms with Gasteiger partial charge in [-0.05, 0) is 32.1 Å². The van der Waals surface area contributed by atoms with E-state index in [-0.39, 0.29) is 23.8 Å². The summed E-state index contributed by atoms with van der Waals surface area (Å²) in [5.41, 5.74) is -0.0826. The molecular weight excluding hydrogens is 246 g/mol. The van der Waals surface area contributed by atoms with Crippen molar-refractivity contribution in [3.8, 4) is 0 Å². The van der Waals surface area contributed by atoms with Crippen LogP contribution >= 0.6 is 0 Å². The highest BCUT2D eigenvalue weighted by Crippen LogP contribution is 2.45. The molecule has 1 saturated heterocycles. The first kappa shape index (κ1) is 14.3. The zero-order valence-electron chi connectivity index (χ0n) is 11.3. The van der Waals surface area contributed by atoms with Crippen molar-refractivity contribution in [2.75, 3.05) is 13.1 Å². The highest BCUT2D eigenvalue weighted by atomic mass is 16.4. The predicted molar refractivity (Wildman–Crippen MR) is 69.6 cm³/mol. The Morgan fingerprint density at radius 1 is 1.21 bits per heavy atom. The summed E-state index contributed by atoms with van der Waals surface area (Å²) in [6, 6.07) is 0. The lowest BCUT2D eigenvalue weighted by Crippen LogP contribution is -2.49. The summed E-state index contributed by atoms with van der Waals surface area (Å²) in [4.78, 5) is 24.4. The van der Waals surface area contributed by atoms with Crippen molar-refractivity contribution in [3.05, 3.63) is 0 Å². The molecule has 1 amide bonds. The van der Waals surface area contributed by atoms with E-state index in [9.17, 15) is 14.7 Å². The summed E-state index contributed by atoms with van der Waals surface area (Å²) in [7, 11) is 0. The van der Waals surface area contributed by atoms with Crippen molar-refractivity contribution < 1.29 is 19.8 Å². The minimum Gasteiger partial charge on any atom is -0.481 e. The van der Waals surface area contributed by atoms with Crippen molar-refractivity contribution in [2.45, 2.75) is 57.5 Å². The topological polar surface area (TPSA) is 77.8 Å². The van der Waals surface area contributed by atoms with E-state index < -0.39 is 5.97 Å². The molecule has 2 N–H and O–H groups in total. The zero-order valence-corrected chi connectivity index (χ0v) is 11.3. The molecule has 19 heavy (non-hydrogen) atoms. The quantitative estimate of drug-likeness (QED) is 0.808. The van der Waals surface area contributed by atoms with Crippen molar-refractivity contribution in [1.82, 2.24) is 4.90 Å². The maximum Gasteiger partial charge on any atom is 0.303 e. The van der Waals surface area contributed by atoms with Gasteiger partial charge in [0.1, 0.15) is 0 Å². The molecule has 0 aromatic heterocycles. The number of piperidine rings is 1. The largest absolute Gasteiger partial charge is 0.481 e. The molecule has 1 spiro atoms. The zero-order chi connectivity index (χ0) is 13.9. The van der Waals surface area contributed by atoms with Crippen LogP contribution in [0.25, 0.3) is 0 Å². The molecule has 0 unspecified atom stereocenters. The van der Waals surface area contributed by atoms with Crippen LogP contribution in [0.3, 0.4) is 0 Å². The molecule has 0 aromatic rings. The average molecular weight is 269 g/mol. The summed E-state index contributed by atoms with van der Waals surface area (Å²) in [5.74, 6) is -0.812. The van der Waals surface area contributed by atoms with Gasteiger partial charge in [-0.3, -0.25) is 9.59 Å². The third kappa shape index (κ3) is 3.26. The maximum absolute atomic E-state index is 12.1. The summed E-state index contributed by atoms with van der Waals surface area (Å²) in [5, 5.41) is 18.7. The number of carboxylic acid groups (broad SMARTS) is 1. The first-order valence-electron chi connectivity index (χ1n) is 7.21. The van der Waals surface area contributed by atoms with Crippen molar-refractivity contribution in [2.24, 2.45) is 5.41 Å². The lowest BCUT2D eigenvalue weighted by molar-refractivity contribution is -0.138. The Kier molecular flexibility index (Phi) is 4.45. The summed E-state index contributed by atoms with van der Waals surface area (Å²) in [6.45, 7) is 1.40. The minimum atomic E-state index is -0.853. The molecule has 2 aliphatic rings. The molecule has 5 nitrogen and oxygen atoms in total. The minimum absolute atomic E-state index is 0.0411. The van der Waals surface area contributed by atoms with Crippen molar-refractivity contribution in [1.29, 1.82) is 0 Å². The summed E-state index contributed by atoms with van der Waals surface area (Å²) >= 11 is 0. The van der Waals surface area contributed by atoms with Gasteiger partial charge in [0.05, 0.1) is 6.10 Å². The van der Waals surface area contributed by atoms with Gasteiger partial charge in [-0.15, -0.1) is 0 Å². The highest BCUT2D eigenvalue weighted by molar-refractivity contribution is 5.77. The fourth-order valence-corrected chi connectivity index (χ4v) is 3.52. The molecule has 2 fully saturated rings. The number of rotatable bonds is 4. The Morgan fingerprint density at radius 2 is 1.95 bits per heavy atom. The normalized spacial score (nSPS) is 30.8. The third-order valence-electron chi connectivity index (χ3n) is 4.60. The van der Waals surface area contributed by atoms with Crippen molar-refractivity contribution in [3.63, 3.8) is 0 Å². The van der Waals surface area contributed by atoms with Crippen LogP contribution in [-0.4, -0.2) is 46.2 Å². The lowest BCUT2D eigenvalue weighted by atomic mass is 9.76. The van der Waals surface area contributed by atoms with Crippen LogP contribution in [0.1, 0.15) is 51.4 Å². The van der Waals surface area contributed by atoms with Gasteiger partial charge >= 0.3 is 5.97 Å². The SMILES string of the molecule is O=C(O)CCCC(=O)N1CCC[C@]2(CCC[C@H]2O)C1. The molecule has 1 aliphatic heterocycles. The summed E-state index contributed by atoms with van der Waals surface area (Å²) < 4.78 is 0. The Morgan fingerprint density at radius 3 is 2.58 bits per heavy atom. The molecule has 2 rings (SSSR count). The second kappa shape index (κ2) is 5.90. The van der Waals surface area contributed by atoms with Gasteiger partial charge in [-0.25, -0.2) is 0 Å². The molecule has 5 heteroatoms. The van der Waals surface area contributed by atoms with Gasteiger partial charge < -0.3 is 15.1 Å². The number of nitrogens with zero attached hydrogens (tertiary/aromatic N) is 1. The molecule has 1 heterocycles. The Balaban J connectivity index is 1.86. The Hall–Kier alpha value is -1.10. The lowest BCUT2D eigenvalue weighted by Gasteiger charge is -2.42. The number of carbonyl (C=O) groups is 2. The number of carboxylic acids is 1. The molecule has 108 valence electrons. The molecule has 0 bridgehead atoms. The number of hydrogen-bond donors (Lipinski definition) is 2. The molecule has 0 radical (unpaired) electrons. The van der Waals surface area contributed by atoms with E-state index in [4.69, 9.17) is 5.11 Å². The fourth-order valence-electron chi connectivity index (χ4n) is 3.52. The van der Waals surface area contributed by atoms with Crippen LogP contribution in [0.15, 0.2) is 0 Å². The van der Waals surface area contributed by atoms with E-state index in [1.54, 1.807) is 0 Å². The van der Waals surface area contributed by atoms with Crippen molar-refractivity contribution >= 4 is 11.9 Å². The molecule has 2 atom stereocenters. The van der Waals surface area contributed by atoms with Gasteiger partial charge in [0.25, 0.3) is 0 Å². The monoisotopic (exact) mass is 269 g/mol. The van der Waals surface area contributed by atoms with E-state index in [1.165, 1.54) is 0 Å². The van der Waals surface area contributed by atoms with Crippen LogP contribution in [0.5, 0.6) is 0 Å². The highest BCUT2D eigenvalue weighted by Gasteiger charge is 2.45. The van der Waals surface area contributed by atoms with Crippen LogP contribution < -0.4 is 0 Å².